The molecular formula is C20H29N3O. The Labute approximate surface area is 145 Å². The van der Waals surface area contributed by atoms with Gasteiger partial charge in [-0.25, -0.2) is 0 Å². The molecule has 1 aromatic heterocycles. The molecule has 2 rings (SSSR count). The fourth-order valence-electron chi connectivity index (χ4n) is 3.04. The van der Waals surface area contributed by atoms with Crippen LogP contribution in [0.15, 0.2) is 18.2 Å². The summed E-state index contributed by atoms with van der Waals surface area (Å²) in [5, 5.41) is 4.58. The molecule has 4 nitrogen and oxygen atoms in total. The lowest BCUT2D eigenvalue weighted by Gasteiger charge is -2.23. The second-order valence-corrected chi connectivity index (χ2v) is 6.49. The SMILES string of the molecule is CCCN(Cc1c(C)nn(CC)c1C)C(=O)c1ccc(C)c(C)c1. The van der Waals surface area contributed by atoms with E-state index in [2.05, 4.69) is 39.7 Å². The van der Waals surface area contributed by atoms with Gasteiger partial charge in [0.05, 0.1) is 5.69 Å². The molecular weight excluding hydrogens is 298 g/mol. The zero-order valence-corrected chi connectivity index (χ0v) is 15.8. The van der Waals surface area contributed by atoms with Gasteiger partial charge in [0.1, 0.15) is 0 Å². The van der Waals surface area contributed by atoms with Gasteiger partial charge in [-0.15, -0.1) is 0 Å². The van der Waals surface area contributed by atoms with Crippen LogP contribution in [0.25, 0.3) is 0 Å². The third kappa shape index (κ3) is 3.69. The molecule has 0 spiro atoms. The van der Waals surface area contributed by atoms with Gasteiger partial charge in [-0.1, -0.05) is 13.0 Å². The zero-order valence-electron chi connectivity index (χ0n) is 15.8. The van der Waals surface area contributed by atoms with Crippen molar-refractivity contribution >= 4 is 5.91 Å². The molecule has 0 saturated carbocycles. The number of aromatic nitrogens is 2. The van der Waals surface area contributed by atoms with E-state index in [-0.39, 0.29) is 5.91 Å². The number of aryl methyl sites for hydroxylation is 4. The summed E-state index contributed by atoms with van der Waals surface area (Å²) < 4.78 is 2.01. The molecule has 1 aromatic carbocycles. The number of amides is 1. The van der Waals surface area contributed by atoms with Crippen molar-refractivity contribution in [2.45, 2.75) is 61.1 Å². The summed E-state index contributed by atoms with van der Waals surface area (Å²) in [7, 11) is 0. The maximum absolute atomic E-state index is 13.0. The van der Waals surface area contributed by atoms with Crippen LogP contribution in [-0.2, 0) is 13.1 Å². The number of carbonyl (C=O) groups excluding carboxylic acids is 1. The van der Waals surface area contributed by atoms with Crippen LogP contribution in [0.4, 0.5) is 0 Å². The van der Waals surface area contributed by atoms with Crippen LogP contribution >= 0.6 is 0 Å². The molecule has 2 aromatic rings. The number of carbonyl (C=O) groups is 1. The highest BCUT2D eigenvalue weighted by molar-refractivity contribution is 5.94. The summed E-state index contributed by atoms with van der Waals surface area (Å²) in [6, 6.07) is 5.95. The number of rotatable bonds is 6. The van der Waals surface area contributed by atoms with E-state index in [1.165, 1.54) is 11.1 Å². The van der Waals surface area contributed by atoms with E-state index < -0.39 is 0 Å². The Kier molecular flexibility index (Phi) is 5.81. The van der Waals surface area contributed by atoms with Crippen LogP contribution in [0.5, 0.6) is 0 Å². The van der Waals surface area contributed by atoms with Gasteiger partial charge in [0.2, 0.25) is 0 Å². The van der Waals surface area contributed by atoms with Crippen molar-refractivity contribution in [1.29, 1.82) is 0 Å². The first kappa shape index (κ1) is 18.2. The highest BCUT2D eigenvalue weighted by atomic mass is 16.2. The van der Waals surface area contributed by atoms with E-state index in [1.54, 1.807) is 0 Å². The molecule has 4 heteroatoms. The average Bonchev–Trinajstić information content (AvgIpc) is 2.83. The Balaban J connectivity index is 2.30. The number of nitrogens with zero attached hydrogens (tertiary/aromatic N) is 3. The lowest BCUT2D eigenvalue weighted by molar-refractivity contribution is 0.0742. The van der Waals surface area contributed by atoms with Crippen LogP contribution < -0.4 is 0 Å². The summed E-state index contributed by atoms with van der Waals surface area (Å²) in [6.45, 7) is 14.7. The summed E-state index contributed by atoms with van der Waals surface area (Å²) in [5.41, 5.74) is 6.48. The minimum Gasteiger partial charge on any atom is -0.334 e. The van der Waals surface area contributed by atoms with Crippen molar-refractivity contribution in [3.05, 3.63) is 51.8 Å². The lowest BCUT2D eigenvalue weighted by Crippen LogP contribution is -2.31. The van der Waals surface area contributed by atoms with Crippen LogP contribution in [0.2, 0.25) is 0 Å². The minimum absolute atomic E-state index is 0.1000. The molecule has 0 aliphatic rings. The summed E-state index contributed by atoms with van der Waals surface area (Å²) in [5.74, 6) is 0.1000. The largest absolute Gasteiger partial charge is 0.334 e. The predicted octanol–water partition coefficient (Wildman–Crippen LogP) is 4.19. The minimum atomic E-state index is 0.1000. The van der Waals surface area contributed by atoms with Crippen molar-refractivity contribution in [3.8, 4) is 0 Å². The van der Waals surface area contributed by atoms with Gasteiger partial charge in [-0.2, -0.15) is 5.10 Å². The predicted molar refractivity (Wildman–Crippen MR) is 98.3 cm³/mol. The topological polar surface area (TPSA) is 38.1 Å². The molecule has 0 aliphatic heterocycles. The molecule has 0 aliphatic carbocycles. The van der Waals surface area contributed by atoms with Gasteiger partial charge in [-0.05, 0) is 64.3 Å². The van der Waals surface area contributed by atoms with Crippen molar-refractivity contribution in [3.63, 3.8) is 0 Å². The summed E-state index contributed by atoms with van der Waals surface area (Å²) in [6.07, 6.45) is 0.941. The molecule has 0 bridgehead atoms. The molecule has 0 fully saturated rings. The Morgan fingerprint density at radius 3 is 2.38 bits per heavy atom. The number of hydrogen-bond acceptors (Lipinski definition) is 2. The second kappa shape index (κ2) is 7.65. The van der Waals surface area contributed by atoms with Gasteiger partial charge >= 0.3 is 0 Å². The smallest absolute Gasteiger partial charge is 0.254 e. The fourth-order valence-corrected chi connectivity index (χ4v) is 3.04. The van der Waals surface area contributed by atoms with Gasteiger partial charge in [0.25, 0.3) is 5.91 Å². The highest BCUT2D eigenvalue weighted by Gasteiger charge is 2.20. The summed E-state index contributed by atoms with van der Waals surface area (Å²) in [4.78, 5) is 14.9. The van der Waals surface area contributed by atoms with Gasteiger partial charge in [-0.3, -0.25) is 9.48 Å². The van der Waals surface area contributed by atoms with Crippen LogP contribution in [0, 0.1) is 27.7 Å². The molecule has 0 N–H and O–H groups in total. The fraction of sp³-hybridized carbons (Fsp3) is 0.500. The Morgan fingerprint density at radius 1 is 1.12 bits per heavy atom. The van der Waals surface area contributed by atoms with E-state index in [0.717, 1.165) is 42.0 Å². The highest BCUT2D eigenvalue weighted by Crippen LogP contribution is 2.19. The molecule has 1 amide bonds. The van der Waals surface area contributed by atoms with Crippen molar-refractivity contribution in [2.24, 2.45) is 0 Å². The average molecular weight is 327 g/mol. The zero-order chi connectivity index (χ0) is 17.9. The lowest BCUT2D eigenvalue weighted by atomic mass is 10.0. The normalized spacial score (nSPS) is 10.9. The van der Waals surface area contributed by atoms with Gasteiger partial charge in [0.15, 0.2) is 0 Å². The number of hydrogen-bond donors (Lipinski definition) is 0. The maximum atomic E-state index is 13.0. The standard InChI is InChI=1S/C20H29N3O/c1-7-11-22(13-19-16(5)21-23(8-2)17(19)6)20(24)18-10-9-14(3)15(4)12-18/h9-10,12H,7-8,11,13H2,1-6H3. The third-order valence-electron chi connectivity index (χ3n) is 4.71. The van der Waals surface area contributed by atoms with Crippen molar-refractivity contribution in [2.75, 3.05) is 6.54 Å². The molecule has 0 saturated heterocycles. The second-order valence-electron chi connectivity index (χ2n) is 6.49. The quantitative estimate of drug-likeness (QED) is 0.798. The van der Waals surface area contributed by atoms with Crippen molar-refractivity contribution < 1.29 is 4.79 Å². The van der Waals surface area contributed by atoms with E-state index in [4.69, 9.17) is 0 Å². The van der Waals surface area contributed by atoms with E-state index in [1.807, 2.05) is 34.7 Å². The first-order chi connectivity index (χ1) is 11.4. The van der Waals surface area contributed by atoms with Crippen LogP contribution in [-0.4, -0.2) is 27.1 Å². The molecule has 24 heavy (non-hydrogen) atoms. The van der Waals surface area contributed by atoms with Gasteiger partial charge in [0, 0.05) is 36.5 Å². The van der Waals surface area contributed by atoms with Crippen molar-refractivity contribution in [1.82, 2.24) is 14.7 Å². The number of benzene rings is 1. The van der Waals surface area contributed by atoms with Crippen LogP contribution in [0.1, 0.15) is 58.7 Å². The Hall–Kier alpha value is -2.10. The molecule has 130 valence electrons. The molecule has 0 radical (unpaired) electrons. The third-order valence-corrected chi connectivity index (χ3v) is 4.71. The maximum Gasteiger partial charge on any atom is 0.254 e. The monoisotopic (exact) mass is 327 g/mol. The molecule has 1 heterocycles. The molecule has 0 unspecified atom stereocenters. The van der Waals surface area contributed by atoms with E-state index in [0.29, 0.717) is 6.54 Å². The van der Waals surface area contributed by atoms with Crippen LogP contribution in [0.3, 0.4) is 0 Å². The first-order valence-corrected chi connectivity index (χ1v) is 8.78. The molecule has 0 atom stereocenters. The van der Waals surface area contributed by atoms with E-state index in [9.17, 15) is 4.79 Å². The summed E-state index contributed by atoms with van der Waals surface area (Å²) >= 11 is 0. The van der Waals surface area contributed by atoms with E-state index >= 15 is 0 Å². The van der Waals surface area contributed by atoms with Gasteiger partial charge < -0.3 is 4.90 Å². The Morgan fingerprint density at radius 2 is 1.83 bits per heavy atom. The first-order valence-electron chi connectivity index (χ1n) is 8.78. The Bertz CT molecular complexity index is 731.